The number of nitrogens with two attached hydrogens (primary N) is 1. The lowest BCUT2D eigenvalue weighted by molar-refractivity contribution is 0.0174. The Labute approximate surface area is 317 Å². The second-order valence-corrected chi connectivity index (χ2v) is 15.0. The molecule has 0 spiro atoms. The topological polar surface area (TPSA) is 117 Å². The van der Waals surface area contributed by atoms with Crippen LogP contribution >= 0.6 is 0 Å². The number of piperidine rings is 1. The number of methoxy groups -OCH3 is 1. The van der Waals surface area contributed by atoms with E-state index in [9.17, 15) is 4.79 Å². The fourth-order valence-corrected chi connectivity index (χ4v) is 6.71. The molecule has 10 heteroatoms. The fraction of sp³-hybridized carbons (Fsp3) is 0.442. The first-order chi connectivity index (χ1) is 25.2. The number of rotatable bonds is 11. The number of aryl methyl sites for hydroxylation is 1. The minimum atomic E-state index is -0.377. The quantitative estimate of drug-likeness (QED) is 0.157. The van der Waals surface area contributed by atoms with Crippen LogP contribution in [-0.4, -0.2) is 67.3 Å². The van der Waals surface area contributed by atoms with E-state index < -0.39 is 0 Å². The number of carbonyl (C=O) groups excluding carboxylic acids is 1. The van der Waals surface area contributed by atoms with Crippen molar-refractivity contribution in [3.63, 3.8) is 0 Å². The zero-order valence-corrected chi connectivity index (χ0v) is 33.3. The van der Waals surface area contributed by atoms with Gasteiger partial charge >= 0.3 is 6.09 Å². The molecular formula is C43H61N7O3. The highest BCUT2D eigenvalue weighted by Crippen LogP contribution is 2.34. The van der Waals surface area contributed by atoms with Crippen LogP contribution in [0.5, 0.6) is 5.75 Å². The van der Waals surface area contributed by atoms with E-state index in [0.717, 1.165) is 83.5 Å². The molecule has 53 heavy (non-hydrogen) atoms. The minimum Gasteiger partial charge on any atom is -0.497 e. The van der Waals surface area contributed by atoms with E-state index in [1.54, 1.807) is 13.3 Å². The average molecular weight is 724 g/mol. The second kappa shape index (κ2) is 18.7. The van der Waals surface area contributed by atoms with Gasteiger partial charge < -0.3 is 41.0 Å². The molecule has 2 atom stereocenters. The molecule has 1 saturated heterocycles. The number of likely N-dealkylation sites (N-methyl/N-ethyl adjacent to an activating group) is 2. The molecule has 2 unspecified atom stereocenters. The summed E-state index contributed by atoms with van der Waals surface area (Å²) in [5.74, 6) is 3.28. The van der Waals surface area contributed by atoms with E-state index >= 15 is 0 Å². The number of amides is 1. The zero-order chi connectivity index (χ0) is 38.7. The Bertz CT molecular complexity index is 1750. The Morgan fingerprint density at radius 1 is 1.11 bits per heavy atom. The van der Waals surface area contributed by atoms with Crippen LogP contribution in [0.4, 0.5) is 10.6 Å². The number of likely N-dealkylation sites (tertiary alicyclic amines) is 1. The number of carbonyl (C=O) groups is 1. The molecule has 5 N–H and O–H groups in total. The Morgan fingerprint density at radius 3 is 2.45 bits per heavy atom. The molecule has 0 bridgehead atoms. The lowest BCUT2D eigenvalue weighted by Gasteiger charge is -2.36. The van der Waals surface area contributed by atoms with Crippen LogP contribution in [0.2, 0.25) is 0 Å². The number of ether oxygens (including phenoxy) is 2. The molecule has 1 aromatic heterocycles. The van der Waals surface area contributed by atoms with E-state index in [0.29, 0.717) is 12.5 Å². The first-order valence-electron chi connectivity index (χ1n) is 18.7. The Hall–Kier alpha value is -4.96. The molecule has 1 fully saturated rings. The summed E-state index contributed by atoms with van der Waals surface area (Å²) in [6.07, 6.45) is 4.85. The van der Waals surface area contributed by atoms with Crippen LogP contribution in [0.1, 0.15) is 82.7 Å². The highest BCUT2D eigenvalue weighted by molar-refractivity contribution is 5.73. The van der Waals surface area contributed by atoms with Gasteiger partial charge in [-0.2, -0.15) is 0 Å². The maximum absolute atomic E-state index is 11.7. The summed E-state index contributed by atoms with van der Waals surface area (Å²) in [5.41, 5.74) is 14.9. The molecule has 5 rings (SSSR count). The molecule has 0 aliphatic carbocycles. The van der Waals surface area contributed by atoms with Crippen LogP contribution in [0, 0.1) is 5.92 Å². The predicted octanol–water partition coefficient (Wildman–Crippen LogP) is 7.83. The maximum atomic E-state index is 11.7. The van der Waals surface area contributed by atoms with Gasteiger partial charge in [0, 0.05) is 56.4 Å². The van der Waals surface area contributed by atoms with Crippen molar-refractivity contribution in [3.05, 3.63) is 118 Å². The highest BCUT2D eigenvalue weighted by atomic mass is 16.6. The third-order valence-corrected chi connectivity index (χ3v) is 9.52. The Balaban J connectivity index is 0.000000376. The number of benzene rings is 2. The van der Waals surface area contributed by atoms with Gasteiger partial charge in [0.05, 0.1) is 13.2 Å². The molecule has 286 valence electrons. The molecule has 10 nitrogen and oxygen atoms in total. The van der Waals surface area contributed by atoms with Crippen molar-refractivity contribution >= 4 is 17.6 Å². The number of hydrogen-bond acceptors (Lipinski definition) is 9. The van der Waals surface area contributed by atoms with E-state index in [4.69, 9.17) is 15.2 Å². The van der Waals surface area contributed by atoms with Gasteiger partial charge in [-0.25, -0.2) is 9.78 Å². The van der Waals surface area contributed by atoms with Gasteiger partial charge in [-0.15, -0.1) is 0 Å². The van der Waals surface area contributed by atoms with E-state index in [-0.39, 0.29) is 17.7 Å². The number of pyridine rings is 1. The van der Waals surface area contributed by atoms with Crippen LogP contribution in [-0.2, 0) is 17.7 Å². The van der Waals surface area contributed by atoms with Crippen molar-refractivity contribution in [2.75, 3.05) is 46.2 Å². The smallest absolute Gasteiger partial charge is 0.410 e. The average Bonchev–Trinajstić information content (AvgIpc) is 3.13. The van der Waals surface area contributed by atoms with Crippen molar-refractivity contribution in [1.82, 2.24) is 25.4 Å². The summed E-state index contributed by atoms with van der Waals surface area (Å²) in [5, 5.41) is 10.5. The van der Waals surface area contributed by atoms with Crippen LogP contribution in [0.15, 0.2) is 96.1 Å². The Kier molecular flexibility index (Phi) is 14.4. The predicted molar refractivity (Wildman–Crippen MR) is 217 cm³/mol. The number of hydrogen-bond donors (Lipinski definition) is 4. The SMILES string of the molecule is C=C(Nc1ccccn1)c1ccc(C(NC)C2=C(NCc3ccc(OC)cc3CC)N(C)CC(C)=C2N)cc1.CC1CCCN(C(=O)OC(C)(C)C)C1. The zero-order valence-electron chi connectivity index (χ0n) is 33.3. The van der Waals surface area contributed by atoms with E-state index in [1.807, 2.05) is 57.0 Å². The number of anilines is 1. The molecule has 3 heterocycles. The van der Waals surface area contributed by atoms with Crippen LogP contribution < -0.4 is 26.4 Å². The molecule has 2 aliphatic heterocycles. The van der Waals surface area contributed by atoms with Crippen molar-refractivity contribution < 1.29 is 14.3 Å². The second-order valence-electron chi connectivity index (χ2n) is 15.0. The number of nitrogens with one attached hydrogen (secondary N) is 3. The summed E-state index contributed by atoms with van der Waals surface area (Å²) in [7, 11) is 5.78. The summed E-state index contributed by atoms with van der Waals surface area (Å²) < 4.78 is 10.7. The number of nitrogens with zero attached hydrogens (tertiary/aromatic N) is 3. The van der Waals surface area contributed by atoms with E-state index in [1.165, 1.54) is 17.5 Å². The third kappa shape index (κ3) is 11.3. The van der Waals surface area contributed by atoms with Gasteiger partial charge in [0.15, 0.2) is 0 Å². The summed E-state index contributed by atoms with van der Waals surface area (Å²) in [6, 6.07) is 20.3. The maximum Gasteiger partial charge on any atom is 0.410 e. The highest BCUT2D eigenvalue weighted by Gasteiger charge is 2.29. The standard InChI is InChI=1S/C32H40N6O.C11H21NO2/c1-7-23-18-27(39-6)16-15-26(23)19-36-32-29(30(33)21(2)20-38(32)5)31(34-4)25-13-11-24(12-14-25)22(3)37-28-10-8-9-17-35-28;1-9-6-5-7-12(8-9)10(13)14-11(2,3)4/h8-18,31,34,36H,3,7,19-20,33H2,1-2,4-6H3,(H,35,37);9H,5-8H2,1-4H3. The molecule has 2 aromatic carbocycles. The van der Waals surface area contributed by atoms with Gasteiger partial charge in [0.25, 0.3) is 0 Å². The van der Waals surface area contributed by atoms with Crippen LogP contribution in [0.3, 0.4) is 0 Å². The first kappa shape index (κ1) is 40.8. The molecule has 0 radical (unpaired) electrons. The molecule has 0 saturated carbocycles. The van der Waals surface area contributed by atoms with Crippen molar-refractivity contribution in [3.8, 4) is 5.75 Å². The molecule has 3 aromatic rings. The Morgan fingerprint density at radius 2 is 1.85 bits per heavy atom. The molecular weight excluding hydrogens is 663 g/mol. The van der Waals surface area contributed by atoms with Gasteiger partial charge in [-0.05, 0) is 112 Å². The normalized spacial score (nSPS) is 16.7. The largest absolute Gasteiger partial charge is 0.497 e. The van der Waals surface area contributed by atoms with Gasteiger partial charge in [-0.1, -0.05) is 56.8 Å². The minimum absolute atomic E-state index is 0.0993. The fourth-order valence-electron chi connectivity index (χ4n) is 6.71. The van der Waals surface area contributed by atoms with Crippen molar-refractivity contribution in [2.45, 2.75) is 79.0 Å². The van der Waals surface area contributed by atoms with Gasteiger partial charge in [0.1, 0.15) is 23.0 Å². The summed E-state index contributed by atoms with van der Waals surface area (Å²) in [4.78, 5) is 20.1. The third-order valence-electron chi connectivity index (χ3n) is 9.52. The molecule has 2 aliphatic rings. The lowest BCUT2D eigenvalue weighted by atomic mass is 9.91. The van der Waals surface area contributed by atoms with Crippen molar-refractivity contribution in [1.29, 1.82) is 0 Å². The van der Waals surface area contributed by atoms with Crippen LogP contribution in [0.25, 0.3) is 5.70 Å². The van der Waals surface area contributed by atoms with Gasteiger partial charge in [-0.3, -0.25) is 0 Å². The lowest BCUT2D eigenvalue weighted by Crippen LogP contribution is -2.42. The van der Waals surface area contributed by atoms with E-state index in [2.05, 4.69) is 96.6 Å². The first-order valence-corrected chi connectivity index (χ1v) is 18.7. The monoisotopic (exact) mass is 723 g/mol. The summed E-state index contributed by atoms with van der Waals surface area (Å²) in [6.45, 7) is 19.5. The number of aromatic nitrogens is 1. The summed E-state index contributed by atoms with van der Waals surface area (Å²) >= 11 is 0. The molecule has 1 amide bonds. The van der Waals surface area contributed by atoms with Gasteiger partial charge in [0.2, 0.25) is 0 Å². The van der Waals surface area contributed by atoms with Crippen molar-refractivity contribution in [2.24, 2.45) is 11.7 Å².